The van der Waals surface area contributed by atoms with Gasteiger partial charge in [-0.1, -0.05) is 0 Å². The number of nitrogens with one attached hydrogen (secondary N) is 1. The number of anilines is 1. The lowest BCUT2D eigenvalue weighted by Gasteiger charge is -2.25. The highest BCUT2D eigenvalue weighted by Crippen LogP contribution is 2.37. The number of primary amides is 1. The normalized spacial score (nSPS) is 12.8. The second-order valence-corrected chi connectivity index (χ2v) is 7.85. The van der Waals surface area contributed by atoms with Gasteiger partial charge in [0.05, 0.1) is 25.3 Å². The number of nitrogens with zero attached hydrogens (tertiary/aromatic N) is 1. The quantitative estimate of drug-likeness (QED) is 0.700. The van der Waals surface area contributed by atoms with Crippen molar-refractivity contribution in [3.63, 3.8) is 0 Å². The molecule has 2 aromatic rings. The maximum atomic E-state index is 12.9. The molecular formula is C21H25N3O5S. The van der Waals surface area contributed by atoms with Gasteiger partial charge >= 0.3 is 0 Å². The molecule has 0 radical (unpaired) electrons. The Morgan fingerprint density at radius 3 is 2.50 bits per heavy atom. The van der Waals surface area contributed by atoms with Gasteiger partial charge in [0.1, 0.15) is 5.00 Å². The van der Waals surface area contributed by atoms with Crippen LogP contribution in [-0.2, 0) is 17.8 Å². The van der Waals surface area contributed by atoms with Gasteiger partial charge in [-0.25, -0.2) is 0 Å². The number of hydrogen-bond acceptors (Lipinski definition) is 6. The van der Waals surface area contributed by atoms with Crippen molar-refractivity contribution in [2.45, 2.75) is 33.7 Å². The van der Waals surface area contributed by atoms with Crippen molar-refractivity contribution in [2.24, 2.45) is 5.73 Å². The Bertz CT molecular complexity index is 985. The molecule has 2 heterocycles. The Labute approximate surface area is 178 Å². The molecule has 0 saturated carbocycles. The molecule has 8 nitrogen and oxygen atoms in total. The standard InChI is InChI=1S/C21H25N3O5S/c1-4-28-15-7-6-13(10-16(15)29-5-2)20(27)23-21-18(19(22)26)14-8-9-24(12(3)25)11-17(14)30-21/h6-7,10H,4-5,8-9,11H2,1-3H3,(H2,22,26)(H,23,27). The molecule has 1 aromatic heterocycles. The van der Waals surface area contributed by atoms with Crippen LogP contribution in [0.15, 0.2) is 18.2 Å². The lowest BCUT2D eigenvalue weighted by atomic mass is 10.0. The molecule has 0 saturated heterocycles. The zero-order chi connectivity index (χ0) is 21.8. The van der Waals surface area contributed by atoms with Crippen LogP contribution in [0.1, 0.15) is 51.9 Å². The summed E-state index contributed by atoms with van der Waals surface area (Å²) >= 11 is 1.28. The number of amides is 3. The average molecular weight is 432 g/mol. The molecule has 30 heavy (non-hydrogen) atoms. The third-order valence-electron chi connectivity index (χ3n) is 4.78. The molecule has 0 aliphatic carbocycles. The van der Waals surface area contributed by atoms with E-state index in [2.05, 4.69) is 5.32 Å². The molecule has 3 amide bonds. The van der Waals surface area contributed by atoms with Crippen LogP contribution in [-0.4, -0.2) is 42.4 Å². The van der Waals surface area contributed by atoms with Crippen molar-refractivity contribution in [2.75, 3.05) is 25.1 Å². The van der Waals surface area contributed by atoms with Crippen molar-refractivity contribution in [3.05, 3.63) is 39.8 Å². The smallest absolute Gasteiger partial charge is 0.256 e. The van der Waals surface area contributed by atoms with Crippen LogP contribution in [0, 0.1) is 0 Å². The summed E-state index contributed by atoms with van der Waals surface area (Å²) < 4.78 is 11.1. The van der Waals surface area contributed by atoms with Crippen molar-refractivity contribution >= 4 is 34.1 Å². The molecule has 1 aliphatic rings. The number of hydrogen-bond donors (Lipinski definition) is 2. The predicted molar refractivity (Wildman–Crippen MR) is 114 cm³/mol. The maximum absolute atomic E-state index is 12.9. The highest BCUT2D eigenvalue weighted by atomic mass is 32.1. The number of fused-ring (bicyclic) bond motifs is 1. The summed E-state index contributed by atoms with van der Waals surface area (Å²) in [7, 11) is 0. The van der Waals surface area contributed by atoms with Crippen LogP contribution in [0.2, 0.25) is 0 Å². The van der Waals surface area contributed by atoms with Gasteiger partial charge in [-0.2, -0.15) is 0 Å². The van der Waals surface area contributed by atoms with E-state index in [0.717, 1.165) is 10.4 Å². The minimum absolute atomic E-state index is 0.0295. The van der Waals surface area contributed by atoms with Crippen LogP contribution in [0.5, 0.6) is 11.5 Å². The summed E-state index contributed by atoms with van der Waals surface area (Å²) in [5, 5.41) is 3.21. The highest BCUT2D eigenvalue weighted by Gasteiger charge is 2.28. The summed E-state index contributed by atoms with van der Waals surface area (Å²) in [5.74, 6) is 0.0248. The lowest BCUT2D eigenvalue weighted by molar-refractivity contribution is -0.129. The Kier molecular flexibility index (Phi) is 6.61. The predicted octanol–water partition coefficient (Wildman–Crippen LogP) is 2.80. The number of thiophene rings is 1. The fourth-order valence-corrected chi connectivity index (χ4v) is 4.65. The van der Waals surface area contributed by atoms with Gasteiger partial charge in [0, 0.05) is 23.9 Å². The summed E-state index contributed by atoms with van der Waals surface area (Å²) in [6.07, 6.45) is 0.525. The minimum Gasteiger partial charge on any atom is -0.490 e. The first kappa shape index (κ1) is 21.6. The van der Waals surface area contributed by atoms with E-state index in [1.807, 2.05) is 13.8 Å². The highest BCUT2D eigenvalue weighted by molar-refractivity contribution is 7.17. The van der Waals surface area contributed by atoms with Gasteiger partial charge in [0.15, 0.2) is 11.5 Å². The largest absolute Gasteiger partial charge is 0.490 e. The van der Waals surface area contributed by atoms with E-state index in [1.165, 1.54) is 18.3 Å². The van der Waals surface area contributed by atoms with E-state index in [0.29, 0.717) is 60.4 Å². The van der Waals surface area contributed by atoms with Crippen LogP contribution < -0.4 is 20.5 Å². The SMILES string of the molecule is CCOc1ccc(C(=O)Nc2sc3c(c2C(N)=O)CCN(C(C)=O)C3)cc1OCC. The fraction of sp³-hybridized carbons (Fsp3) is 0.381. The molecule has 160 valence electrons. The summed E-state index contributed by atoms with van der Waals surface area (Å²) in [4.78, 5) is 39.3. The summed E-state index contributed by atoms with van der Waals surface area (Å²) in [6.45, 7) is 7.06. The molecule has 0 spiro atoms. The third kappa shape index (κ3) is 4.40. The first-order valence-corrected chi connectivity index (χ1v) is 10.6. The lowest BCUT2D eigenvalue weighted by Crippen LogP contribution is -2.34. The van der Waals surface area contributed by atoms with E-state index in [-0.39, 0.29) is 11.8 Å². The first-order valence-electron chi connectivity index (χ1n) is 9.76. The summed E-state index contributed by atoms with van der Waals surface area (Å²) in [6, 6.07) is 4.93. The molecule has 0 bridgehead atoms. The molecule has 3 N–H and O–H groups in total. The van der Waals surface area contributed by atoms with E-state index in [4.69, 9.17) is 15.2 Å². The zero-order valence-corrected chi connectivity index (χ0v) is 18.1. The van der Waals surface area contributed by atoms with Crippen molar-refractivity contribution in [1.29, 1.82) is 0 Å². The number of benzene rings is 1. The van der Waals surface area contributed by atoms with Crippen LogP contribution in [0.4, 0.5) is 5.00 Å². The van der Waals surface area contributed by atoms with Gasteiger partial charge in [-0.15, -0.1) is 11.3 Å². The molecule has 9 heteroatoms. The second-order valence-electron chi connectivity index (χ2n) is 6.74. The molecule has 0 fully saturated rings. The molecule has 1 aliphatic heterocycles. The Morgan fingerprint density at radius 1 is 1.17 bits per heavy atom. The molecule has 3 rings (SSSR count). The second kappa shape index (κ2) is 9.17. The zero-order valence-electron chi connectivity index (χ0n) is 17.2. The van der Waals surface area contributed by atoms with Gasteiger partial charge in [-0.3, -0.25) is 14.4 Å². The van der Waals surface area contributed by atoms with Crippen LogP contribution in [0.3, 0.4) is 0 Å². The van der Waals surface area contributed by atoms with Gasteiger partial charge in [0.25, 0.3) is 11.8 Å². The molecule has 1 aromatic carbocycles. The number of ether oxygens (including phenoxy) is 2. The Balaban J connectivity index is 1.89. The van der Waals surface area contributed by atoms with Gasteiger partial charge in [0.2, 0.25) is 5.91 Å². The van der Waals surface area contributed by atoms with E-state index >= 15 is 0 Å². The Morgan fingerprint density at radius 2 is 1.87 bits per heavy atom. The van der Waals surface area contributed by atoms with Crippen molar-refractivity contribution in [1.82, 2.24) is 4.90 Å². The molecular weight excluding hydrogens is 406 g/mol. The topological polar surface area (TPSA) is 111 Å². The number of rotatable bonds is 7. The minimum atomic E-state index is -0.597. The first-order chi connectivity index (χ1) is 14.3. The number of carbonyl (C=O) groups is 3. The van der Waals surface area contributed by atoms with E-state index < -0.39 is 5.91 Å². The third-order valence-corrected chi connectivity index (χ3v) is 5.91. The van der Waals surface area contributed by atoms with Crippen LogP contribution in [0.25, 0.3) is 0 Å². The number of nitrogens with two attached hydrogens (primary N) is 1. The van der Waals surface area contributed by atoms with E-state index in [1.54, 1.807) is 23.1 Å². The molecule has 0 unspecified atom stereocenters. The maximum Gasteiger partial charge on any atom is 0.256 e. The van der Waals surface area contributed by atoms with Gasteiger partial charge in [-0.05, 0) is 44.0 Å². The van der Waals surface area contributed by atoms with Crippen molar-refractivity contribution < 1.29 is 23.9 Å². The van der Waals surface area contributed by atoms with Crippen LogP contribution >= 0.6 is 11.3 Å². The number of carbonyl (C=O) groups excluding carboxylic acids is 3. The van der Waals surface area contributed by atoms with E-state index in [9.17, 15) is 14.4 Å². The monoisotopic (exact) mass is 431 g/mol. The summed E-state index contributed by atoms with van der Waals surface area (Å²) in [5.41, 5.74) is 7.11. The average Bonchev–Trinajstić information content (AvgIpc) is 3.06. The van der Waals surface area contributed by atoms with Crippen molar-refractivity contribution in [3.8, 4) is 11.5 Å². The van der Waals surface area contributed by atoms with Gasteiger partial charge < -0.3 is 25.4 Å². The molecule has 0 atom stereocenters. The Hall–Kier alpha value is -3.07. The fourth-order valence-electron chi connectivity index (χ4n) is 3.39.